The van der Waals surface area contributed by atoms with E-state index in [0.29, 0.717) is 11.1 Å². The van der Waals surface area contributed by atoms with Crippen molar-refractivity contribution in [3.8, 4) is 5.75 Å². The van der Waals surface area contributed by atoms with Gasteiger partial charge in [-0.25, -0.2) is 0 Å². The molecule has 0 N–H and O–H groups in total. The lowest BCUT2D eigenvalue weighted by atomic mass is 9.95. The van der Waals surface area contributed by atoms with Crippen molar-refractivity contribution in [3.63, 3.8) is 0 Å². The third-order valence-corrected chi connectivity index (χ3v) is 3.90. The third-order valence-electron chi connectivity index (χ3n) is 3.10. The minimum atomic E-state index is 0.209. The molecule has 0 aliphatic heterocycles. The summed E-state index contributed by atoms with van der Waals surface area (Å²) in [4.78, 5) is 0. The Morgan fingerprint density at radius 3 is 2.82 bits per heavy atom. The highest BCUT2D eigenvalue weighted by molar-refractivity contribution is 9.10. The molecular formula is C13H16BrClO2. The van der Waals surface area contributed by atoms with Crippen LogP contribution in [0.3, 0.4) is 0 Å². The summed E-state index contributed by atoms with van der Waals surface area (Å²) in [6, 6.07) is 5.67. The van der Waals surface area contributed by atoms with Crippen LogP contribution >= 0.6 is 27.5 Å². The minimum absolute atomic E-state index is 0.209. The van der Waals surface area contributed by atoms with Crippen LogP contribution in [0.5, 0.6) is 5.75 Å². The zero-order chi connectivity index (χ0) is 12.3. The van der Waals surface area contributed by atoms with E-state index < -0.39 is 0 Å². The SMILES string of the molecule is COC1CCCC(Oc2cc(Br)ccc2Cl)C1. The monoisotopic (exact) mass is 318 g/mol. The Morgan fingerprint density at radius 2 is 2.06 bits per heavy atom. The summed E-state index contributed by atoms with van der Waals surface area (Å²) in [7, 11) is 1.76. The van der Waals surface area contributed by atoms with Gasteiger partial charge in [-0.1, -0.05) is 27.5 Å². The molecule has 1 saturated carbocycles. The van der Waals surface area contributed by atoms with Crippen molar-refractivity contribution >= 4 is 27.5 Å². The first-order chi connectivity index (χ1) is 8.19. The van der Waals surface area contributed by atoms with Crippen molar-refractivity contribution in [3.05, 3.63) is 27.7 Å². The smallest absolute Gasteiger partial charge is 0.139 e. The number of ether oxygens (including phenoxy) is 2. The van der Waals surface area contributed by atoms with Crippen LogP contribution < -0.4 is 4.74 Å². The zero-order valence-electron chi connectivity index (χ0n) is 9.79. The standard InChI is InChI=1S/C13H16BrClO2/c1-16-10-3-2-4-11(8-10)17-13-7-9(14)5-6-12(13)15/h5-7,10-11H,2-4,8H2,1H3. The molecule has 1 aliphatic rings. The van der Waals surface area contributed by atoms with Gasteiger partial charge in [0.2, 0.25) is 0 Å². The first-order valence-electron chi connectivity index (χ1n) is 5.83. The first-order valence-corrected chi connectivity index (χ1v) is 7.00. The predicted octanol–water partition coefficient (Wildman–Crippen LogP) is 4.44. The molecule has 2 atom stereocenters. The lowest BCUT2D eigenvalue weighted by Crippen LogP contribution is -2.29. The maximum Gasteiger partial charge on any atom is 0.139 e. The maximum absolute atomic E-state index is 6.11. The maximum atomic E-state index is 6.11. The van der Waals surface area contributed by atoms with E-state index in [2.05, 4.69) is 15.9 Å². The Morgan fingerprint density at radius 1 is 1.29 bits per heavy atom. The quantitative estimate of drug-likeness (QED) is 0.820. The number of methoxy groups -OCH3 is 1. The fourth-order valence-corrected chi connectivity index (χ4v) is 2.67. The minimum Gasteiger partial charge on any atom is -0.489 e. The number of hydrogen-bond donors (Lipinski definition) is 0. The van der Waals surface area contributed by atoms with Gasteiger partial charge >= 0.3 is 0 Å². The van der Waals surface area contributed by atoms with Gasteiger partial charge in [0, 0.05) is 18.0 Å². The molecule has 0 amide bonds. The van der Waals surface area contributed by atoms with Crippen molar-refractivity contribution < 1.29 is 9.47 Å². The molecule has 0 heterocycles. The van der Waals surface area contributed by atoms with E-state index in [1.807, 2.05) is 18.2 Å². The molecule has 0 spiro atoms. The van der Waals surface area contributed by atoms with Crippen molar-refractivity contribution in [1.82, 2.24) is 0 Å². The second-order valence-electron chi connectivity index (χ2n) is 4.34. The van der Waals surface area contributed by atoms with Crippen LogP contribution in [0.2, 0.25) is 5.02 Å². The molecule has 4 heteroatoms. The molecule has 0 radical (unpaired) electrons. The molecule has 2 unspecified atom stereocenters. The molecular weight excluding hydrogens is 303 g/mol. The largest absolute Gasteiger partial charge is 0.489 e. The molecule has 2 rings (SSSR count). The summed E-state index contributed by atoms with van der Waals surface area (Å²) in [5.41, 5.74) is 0. The summed E-state index contributed by atoms with van der Waals surface area (Å²) in [6.07, 6.45) is 4.82. The summed E-state index contributed by atoms with van der Waals surface area (Å²) >= 11 is 9.53. The van der Waals surface area contributed by atoms with E-state index in [9.17, 15) is 0 Å². The van der Waals surface area contributed by atoms with Gasteiger partial charge in [-0.3, -0.25) is 0 Å². The average molecular weight is 320 g/mol. The van der Waals surface area contributed by atoms with Crippen molar-refractivity contribution in [2.24, 2.45) is 0 Å². The molecule has 2 nitrogen and oxygen atoms in total. The van der Waals surface area contributed by atoms with Gasteiger partial charge in [0.1, 0.15) is 11.9 Å². The highest BCUT2D eigenvalue weighted by Gasteiger charge is 2.23. The molecule has 94 valence electrons. The molecule has 0 saturated heterocycles. The number of rotatable bonds is 3. The van der Waals surface area contributed by atoms with E-state index >= 15 is 0 Å². The van der Waals surface area contributed by atoms with Gasteiger partial charge in [0.25, 0.3) is 0 Å². The van der Waals surface area contributed by atoms with Gasteiger partial charge in [-0.2, -0.15) is 0 Å². The number of halogens is 2. The van der Waals surface area contributed by atoms with Gasteiger partial charge in [-0.05, 0) is 37.5 Å². The van der Waals surface area contributed by atoms with Gasteiger partial charge < -0.3 is 9.47 Å². The molecule has 0 bridgehead atoms. The number of hydrogen-bond acceptors (Lipinski definition) is 2. The first kappa shape index (κ1) is 13.2. The molecule has 0 aromatic heterocycles. The normalized spacial score (nSPS) is 24.6. The zero-order valence-corrected chi connectivity index (χ0v) is 12.1. The lowest BCUT2D eigenvalue weighted by Gasteiger charge is -2.29. The molecule has 1 fully saturated rings. The Labute approximate surface area is 115 Å². The van der Waals surface area contributed by atoms with Crippen LogP contribution in [0.25, 0.3) is 0 Å². The molecule has 1 aromatic rings. The molecule has 17 heavy (non-hydrogen) atoms. The Bertz CT molecular complexity index is 384. The van der Waals surface area contributed by atoms with Crippen molar-refractivity contribution in [1.29, 1.82) is 0 Å². The summed E-state index contributed by atoms with van der Waals surface area (Å²) < 4.78 is 12.3. The fourth-order valence-electron chi connectivity index (χ4n) is 2.17. The summed E-state index contributed by atoms with van der Waals surface area (Å²) in [5, 5.41) is 0.660. The van der Waals surface area contributed by atoms with E-state index in [1.54, 1.807) is 7.11 Å². The topological polar surface area (TPSA) is 18.5 Å². The Kier molecular flexibility index (Phi) is 4.71. The van der Waals surface area contributed by atoms with Crippen LogP contribution in [0, 0.1) is 0 Å². The van der Waals surface area contributed by atoms with Gasteiger partial charge in [-0.15, -0.1) is 0 Å². The van der Waals surface area contributed by atoms with Gasteiger partial charge in [0.05, 0.1) is 11.1 Å². The average Bonchev–Trinajstić information content (AvgIpc) is 2.34. The second kappa shape index (κ2) is 6.07. The van der Waals surface area contributed by atoms with Gasteiger partial charge in [0.15, 0.2) is 0 Å². The van der Waals surface area contributed by atoms with Crippen LogP contribution in [0.1, 0.15) is 25.7 Å². The number of benzene rings is 1. The Balaban J connectivity index is 2.02. The van der Waals surface area contributed by atoms with Crippen LogP contribution in [0.15, 0.2) is 22.7 Å². The lowest BCUT2D eigenvalue weighted by molar-refractivity contribution is 0.0210. The summed E-state index contributed by atoms with van der Waals surface area (Å²) in [6.45, 7) is 0. The van der Waals surface area contributed by atoms with E-state index in [0.717, 1.165) is 35.9 Å². The van der Waals surface area contributed by atoms with Crippen LogP contribution in [-0.4, -0.2) is 19.3 Å². The third kappa shape index (κ3) is 3.60. The Hall–Kier alpha value is -0.250. The fraction of sp³-hybridized carbons (Fsp3) is 0.538. The van der Waals surface area contributed by atoms with Crippen LogP contribution in [-0.2, 0) is 4.74 Å². The predicted molar refractivity (Wildman–Crippen MR) is 72.8 cm³/mol. The van der Waals surface area contributed by atoms with E-state index in [4.69, 9.17) is 21.1 Å². The van der Waals surface area contributed by atoms with E-state index in [1.165, 1.54) is 0 Å². The van der Waals surface area contributed by atoms with Crippen LogP contribution in [0.4, 0.5) is 0 Å². The van der Waals surface area contributed by atoms with Crippen molar-refractivity contribution in [2.45, 2.75) is 37.9 Å². The summed E-state index contributed by atoms with van der Waals surface area (Å²) in [5.74, 6) is 0.753. The molecule has 1 aliphatic carbocycles. The van der Waals surface area contributed by atoms with E-state index in [-0.39, 0.29) is 6.10 Å². The highest BCUT2D eigenvalue weighted by Crippen LogP contribution is 2.32. The highest BCUT2D eigenvalue weighted by atomic mass is 79.9. The van der Waals surface area contributed by atoms with Crippen molar-refractivity contribution in [2.75, 3.05) is 7.11 Å². The second-order valence-corrected chi connectivity index (χ2v) is 5.66. The molecule has 1 aromatic carbocycles.